The minimum absolute atomic E-state index is 0.000684. The summed E-state index contributed by atoms with van der Waals surface area (Å²) >= 11 is 0. The number of hydrogen-bond acceptors (Lipinski definition) is 8. The fourth-order valence-corrected chi connectivity index (χ4v) is 4.66. The highest BCUT2D eigenvalue weighted by Gasteiger charge is 2.27. The maximum Gasteiger partial charge on any atom is 0.310 e. The number of sulfone groups is 1. The van der Waals surface area contributed by atoms with E-state index in [0.29, 0.717) is 12.2 Å². The van der Waals surface area contributed by atoms with Gasteiger partial charge in [0.1, 0.15) is 17.1 Å². The molecular formula is C22H24N2O7S2. The molecule has 0 aliphatic carbocycles. The molecule has 0 atom stereocenters. The summed E-state index contributed by atoms with van der Waals surface area (Å²) in [6.07, 6.45) is 2.61. The zero-order valence-electron chi connectivity index (χ0n) is 18.4. The molecule has 0 bridgehead atoms. The highest BCUT2D eigenvalue weighted by Crippen LogP contribution is 2.32. The molecule has 0 aliphatic rings. The van der Waals surface area contributed by atoms with Crippen LogP contribution in [0.15, 0.2) is 59.6 Å². The molecule has 0 N–H and O–H groups in total. The van der Waals surface area contributed by atoms with Crippen LogP contribution in [0.2, 0.25) is 0 Å². The van der Waals surface area contributed by atoms with Crippen molar-refractivity contribution >= 4 is 25.7 Å². The molecule has 176 valence electrons. The molecule has 0 amide bonds. The van der Waals surface area contributed by atoms with Crippen molar-refractivity contribution in [2.24, 2.45) is 0 Å². The van der Waals surface area contributed by atoms with Crippen molar-refractivity contribution in [2.75, 3.05) is 12.0 Å². The van der Waals surface area contributed by atoms with Crippen LogP contribution < -0.4 is 8.92 Å². The van der Waals surface area contributed by atoms with E-state index in [4.69, 9.17) is 8.92 Å². The van der Waals surface area contributed by atoms with Gasteiger partial charge in [0.15, 0.2) is 9.84 Å². The van der Waals surface area contributed by atoms with Gasteiger partial charge in [-0.15, -0.1) is 0 Å². The Morgan fingerprint density at radius 2 is 1.70 bits per heavy atom. The van der Waals surface area contributed by atoms with Gasteiger partial charge in [0.05, 0.1) is 22.4 Å². The highest BCUT2D eigenvalue weighted by molar-refractivity contribution is 7.90. The minimum atomic E-state index is -3.93. The number of para-hydroxylation sites is 1. The SMILES string of the molecule is CCCS(=O)(=O)Oc1c(C(=O)c2ccc(S(C)(=O)=O)cc2Oc2ccccc2)cnn1CC. The van der Waals surface area contributed by atoms with E-state index in [0.717, 1.165) is 6.26 Å². The van der Waals surface area contributed by atoms with Gasteiger partial charge in [0.25, 0.3) is 0 Å². The van der Waals surface area contributed by atoms with E-state index < -0.39 is 25.7 Å². The molecule has 33 heavy (non-hydrogen) atoms. The van der Waals surface area contributed by atoms with Crippen LogP contribution in [0.4, 0.5) is 0 Å². The van der Waals surface area contributed by atoms with Crippen LogP contribution in [0.25, 0.3) is 0 Å². The molecule has 0 saturated heterocycles. The Labute approximate surface area is 193 Å². The second-order valence-corrected chi connectivity index (χ2v) is 10.9. The summed E-state index contributed by atoms with van der Waals surface area (Å²) in [5, 5.41) is 4.07. The number of ketones is 1. The van der Waals surface area contributed by atoms with Gasteiger partial charge in [-0.3, -0.25) is 4.79 Å². The van der Waals surface area contributed by atoms with Crippen molar-refractivity contribution in [1.82, 2.24) is 9.78 Å². The largest absolute Gasteiger partial charge is 0.457 e. The van der Waals surface area contributed by atoms with Crippen molar-refractivity contribution in [3.63, 3.8) is 0 Å². The van der Waals surface area contributed by atoms with E-state index in [-0.39, 0.29) is 39.9 Å². The molecule has 0 radical (unpaired) electrons. The average molecular weight is 493 g/mol. The molecule has 11 heteroatoms. The first-order valence-electron chi connectivity index (χ1n) is 10.2. The van der Waals surface area contributed by atoms with Gasteiger partial charge in [0, 0.05) is 18.9 Å². The van der Waals surface area contributed by atoms with Gasteiger partial charge in [-0.1, -0.05) is 25.1 Å². The summed E-state index contributed by atoms with van der Waals surface area (Å²) in [6.45, 7) is 3.69. The number of ether oxygens (including phenoxy) is 1. The van der Waals surface area contributed by atoms with Gasteiger partial charge >= 0.3 is 10.1 Å². The first-order chi connectivity index (χ1) is 15.6. The predicted molar refractivity (Wildman–Crippen MR) is 122 cm³/mol. The van der Waals surface area contributed by atoms with Crippen molar-refractivity contribution in [3.05, 3.63) is 65.9 Å². The molecule has 0 fully saturated rings. The third-order valence-corrected chi connectivity index (χ3v) is 7.02. The molecule has 0 aliphatic heterocycles. The van der Waals surface area contributed by atoms with Crippen LogP contribution in [-0.4, -0.2) is 44.4 Å². The first kappa shape index (κ1) is 24.5. The topological polar surface area (TPSA) is 122 Å². The molecule has 3 aromatic rings. The summed E-state index contributed by atoms with van der Waals surface area (Å²) in [5.74, 6) is -0.651. The van der Waals surface area contributed by atoms with Crippen LogP contribution in [-0.2, 0) is 26.5 Å². The quantitative estimate of drug-likeness (QED) is 0.312. The standard InChI is InChI=1S/C22H24N2O7S2/c1-4-13-33(28,29)31-22-19(15-23-24(22)5-2)21(25)18-12-11-17(32(3,26)27)14-20(18)30-16-9-7-6-8-10-16/h6-12,14-15H,4-5,13H2,1-3H3. The number of benzene rings is 2. The summed E-state index contributed by atoms with van der Waals surface area (Å²) in [6, 6.07) is 12.4. The molecule has 0 saturated carbocycles. The Hall–Kier alpha value is -3.18. The highest BCUT2D eigenvalue weighted by atomic mass is 32.2. The second-order valence-electron chi connectivity index (χ2n) is 7.20. The number of hydrogen-bond donors (Lipinski definition) is 0. The zero-order chi connectivity index (χ0) is 24.2. The predicted octanol–water partition coefficient (Wildman–Crippen LogP) is 3.45. The van der Waals surface area contributed by atoms with Crippen molar-refractivity contribution in [3.8, 4) is 17.4 Å². The van der Waals surface area contributed by atoms with Crippen LogP contribution in [0.5, 0.6) is 17.4 Å². The van der Waals surface area contributed by atoms with Gasteiger partial charge in [-0.25, -0.2) is 13.1 Å². The van der Waals surface area contributed by atoms with E-state index in [9.17, 15) is 21.6 Å². The lowest BCUT2D eigenvalue weighted by Gasteiger charge is -2.13. The zero-order valence-corrected chi connectivity index (χ0v) is 20.0. The third kappa shape index (κ3) is 5.79. The van der Waals surface area contributed by atoms with E-state index in [1.807, 2.05) is 0 Å². The lowest BCUT2D eigenvalue weighted by molar-refractivity contribution is 0.103. The molecule has 1 aromatic heterocycles. The maximum absolute atomic E-state index is 13.5. The Bertz CT molecular complexity index is 1360. The summed E-state index contributed by atoms with van der Waals surface area (Å²) in [7, 11) is -7.51. The third-order valence-electron chi connectivity index (χ3n) is 4.59. The average Bonchev–Trinajstić information content (AvgIpc) is 3.15. The van der Waals surface area contributed by atoms with Crippen LogP contribution in [0.3, 0.4) is 0 Å². The van der Waals surface area contributed by atoms with E-state index >= 15 is 0 Å². The molecule has 9 nitrogen and oxygen atoms in total. The van der Waals surface area contributed by atoms with E-state index in [1.54, 1.807) is 44.2 Å². The number of aryl methyl sites for hydroxylation is 1. The molecule has 3 rings (SSSR count). The molecule has 0 unspecified atom stereocenters. The normalized spacial score (nSPS) is 11.8. The van der Waals surface area contributed by atoms with Gasteiger partial charge in [0.2, 0.25) is 11.7 Å². The monoisotopic (exact) mass is 492 g/mol. The number of carbonyl (C=O) groups excluding carboxylic acids is 1. The fourth-order valence-electron chi connectivity index (χ4n) is 3.02. The number of rotatable bonds is 10. The first-order valence-corrected chi connectivity index (χ1v) is 13.6. The lowest BCUT2D eigenvalue weighted by Crippen LogP contribution is -2.17. The second kappa shape index (κ2) is 9.75. The molecule has 2 aromatic carbocycles. The summed E-state index contributed by atoms with van der Waals surface area (Å²) in [4.78, 5) is 13.4. The Morgan fingerprint density at radius 3 is 2.30 bits per heavy atom. The molecule has 0 spiro atoms. The van der Waals surface area contributed by atoms with Crippen LogP contribution >= 0.6 is 0 Å². The van der Waals surface area contributed by atoms with Gasteiger partial charge in [-0.2, -0.15) is 13.5 Å². The maximum atomic E-state index is 13.5. The van der Waals surface area contributed by atoms with Crippen molar-refractivity contribution in [1.29, 1.82) is 0 Å². The number of aromatic nitrogens is 2. The van der Waals surface area contributed by atoms with Crippen molar-refractivity contribution in [2.45, 2.75) is 31.7 Å². The van der Waals surface area contributed by atoms with E-state index in [1.165, 1.54) is 29.1 Å². The van der Waals surface area contributed by atoms with E-state index in [2.05, 4.69) is 5.10 Å². The van der Waals surface area contributed by atoms with Crippen LogP contribution in [0.1, 0.15) is 36.2 Å². The van der Waals surface area contributed by atoms with Crippen molar-refractivity contribution < 1.29 is 30.6 Å². The van der Waals surface area contributed by atoms with Crippen LogP contribution in [0, 0.1) is 0 Å². The van der Waals surface area contributed by atoms with Gasteiger partial charge < -0.3 is 8.92 Å². The number of nitrogens with zero attached hydrogens (tertiary/aromatic N) is 2. The smallest absolute Gasteiger partial charge is 0.310 e. The summed E-state index contributed by atoms with van der Waals surface area (Å²) < 4.78 is 61.0. The Morgan fingerprint density at radius 1 is 1.00 bits per heavy atom. The minimum Gasteiger partial charge on any atom is -0.457 e. The molecular weight excluding hydrogens is 468 g/mol. The lowest BCUT2D eigenvalue weighted by atomic mass is 10.0. The Balaban J connectivity index is 2.11. The Kier molecular flexibility index (Phi) is 7.23. The van der Waals surface area contributed by atoms with Gasteiger partial charge in [-0.05, 0) is 37.6 Å². The molecule has 1 heterocycles. The number of carbonyl (C=O) groups is 1. The summed E-state index contributed by atoms with van der Waals surface area (Å²) in [5.41, 5.74) is -0.0545. The fraction of sp³-hybridized carbons (Fsp3) is 0.273.